The monoisotopic (exact) mass is 1950 g/mol. The molecule has 0 saturated carbocycles. The molecule has 24 N–H and O–H groups in total. The third-order valence-corrected chi connectivity index (χ3v) is 22.2. The second-order valence-corrected chi connectivity index (χ2v) is 32.0. The first kappa shape index (κ1) is 103. The van der Waals surface area contributed by atoms with E-state index in [9.17, 15) is 146 Å². The van der Waals surface area contributed by atoms with Crippen LogP contribution in [0.4, 0.5) is 0 Å². The van der Waals surface area contributed by atoms with Gasteiger partial charge in [-0.3, -0.25) is 9.59 Å². The maximum absolute atomic E-state index is 13.4. The van der Waals surface area contributed by atoms with Crippen molar-refractivity contribution < 1.29 is 236 Å². The molecule has 48 heteroatoms. The topological polar surface area (TPSA) is 756 Å². The summed E-state index contributed by atoms with van der Waals surface area (Å²) in [6.45, 7) is -4.76. The lowest BCUT2D eigenvalue weighted by Crippen LogP contribution is -2.60. The van der Waals surface area contributed by atoms with Crippen LogP contribution in [0.3, 0.4) is 0 Å². The smallest absolute Gasteiger partial charge is 0.402 e. The van der Waals surface area contributed by atoms with Gasteiger partial charge in [0.05, 0.1) is 18.2 Å². The van der Waals surface area contributed by atoms with Crippen LogP contribution < -0.4 is 28.4 Å². The minimum absolute atomic E-state index is 0.00113. The number of aromatic hydroxyl groups is 4. The summed E-state index contributed by atoms with van der Waals surface area (Å²) in [5.41, 5.74) is 0.673. The van der Waals surface area contributed by atoms with E-state index in [1.165, 1.54) is 121 Å². The predicted molar refractivity (Wildman–Crippen MR) is 453 cm³/mol. The van der Waals surface area contributed by atoms with E-state index in [1.807, 2.05) is 0 Å². The van der Waals surface area contributed by atoms with Crippen molar-refractivity contribution in [2.75, 3.05) is 39.6 Å². The zero-order valence-electron chi connectivity index (χ0n) is 71.5. The standard InChI is InChI=1S/C90H96O48/c91-31-53-66(103)72(109)78(115)85(133-53)126-44-15-3-38(4-16-44)10-22-61(98)122-33-55-68(105)74(111)80(117)87(135-55)128-46-19-7-40(8-20-46)12-24-63(100)124-35-57-70(107)76(113)82(119)89(137-57)131-51-26-41(84-52(29-47-48(94)27-43(93)28-49(47)129-84)132-90-83(120)77(114)71(108)58(138-90)36-125-64(101)30-59(95)96)25-50(65(51)102)130-88-81(118)75(112)69(106)56(136-88)34-123-62(99)23-11-39-5-17-45(18-6-39)127-86-79(116)73(110)67(104)54(134-86)32-121-60(97)21-9-37-1-13-42(92)14-2-37/h1-29,53-58,66-83,85-91,103-120H,30-36H2,(H4-,92,93,94,95,96,97,102)/p+1/b22-10+,23-11+,24-12+/t53-,54-,55-,56-,57-,58-,66-,67-,68-,69-,70-,71-,72+,73+,74+,75+,76+,77+,78-,79-,80-,81-,82-,83-,85-,86-,87-,88-,89-,90-/m1/s1. The minimum Gasteiger partial charge on any atom is -0.508 e. The number of aliphatic carboxylic acids is 1. The lowest BCUT2D eigenvalue weighted by Gasteiger charge is -2.40. The summed E-state index contributed by atoms with van der Waals surface area (Å²) in [6, 6.07) is 27.2. The third kappa shape index (κ3) is 25.3. The number of hydrogen-bond donors (Lipinski definition) is 24. The average Bonchev–Trinajstić information content (AvgIpc) is 0.756. The van der Waals surface area contributed by atoms with Crippen LogP contribution in [0.25, 0.3) is 46.6 Å². The second kappa shape index (κ2) is 45.9. The Bertz CT molecular complexity index is 5400. The highest BCUT2D eigenvalue weighted by Crippen LogP contribution is 2.48. The lowest BCUT2D eigenvalue weighted by atomic mass is 9.99. The molecule has 0 aliphatic carbocycles. The van der Waals surface area contributed by atoms with Gasteiger partial charge >= 0.3 is 47.2 Å². The number of fused-ring (bicyclic) bond motifs is 1. The summed E-state index contributed by atoms with van der Waals surface area (Å²) >= 11 is 0. The van der Waals surface area contributed by atoms with E-state index in [4.69, 9.17) is 90.1 Å². The summed E-state index contributed by atoms with van der Waals surface area (Å²) in [4.78, 5) is 75.6. The SMILES string of the molecule is O=C(O)CC(=O)OC[C@H]1O[C@@H](Oc2cc3c(O)cc(O)cc3[o+]c2-c2cc(O[C@@H]3O[C@H](COC(=O)/C=C/c4ccc(O[C@@H]5O[C@H](COC(=O)/C=C/c6ccc(O)cc6)[C@@H](O)[C@H](O)[C@H]5O)cc4)[C@@H](O)[C@H](O)[C@H]3O)c(O)c(O[C@@H]3O[C@H](COC(=O)/C=C/c4ccc(O[C@@H]5O[C@H](COC(=O)/C=C/c6ccc(O[C@@H]7O[C@H](CO)[C@@H](O)[C@H](O)[C@H]7O)cc6)[C@@H](O)[C@H](O)[C@H]5O)cc4)[C@@H](O)[C@H](O)[C@H]3O)c2)[C@H](O)[C@@H](O)[C@@H]1O. The van der Waals surface area contributed by atoms with Gasteiger partial charge in [0.2, 0.25) is 49.2 Å². The molecule has 6 fully saturated rings. The van der Waals surface area contributed by atoms with Crippen LogP contribution in [-0.4, -0.2) is 382 Å². The highest BCUT2D eigenvalue weighted by atomic mass is 16.8. The van der Waals surface area contributed by atoms with Crippen molar-refractivity contribution in [1.82, 2.24) is 0 Å². The molecule has 0 spiro atoms. The number of carbonyl (C=O) groups is 6. The number of aliphatic hydroxyl groups excluding tert-OH is 19. The highest BCUT2D eigenvalue weighted by Gasteiger charge is 2.53. The Kier molecular flexibility index (Phi) is 34.2. The summed E-state index contributed by atoms with van der Waals surface area (Å²) < 4.78 is 102. The number of aliphatic hydroxyl groups is 19. The van der Waals surface area contributed by atoms with Crippen molar-refractivity contribution in [3.8, 4) is 68.8 Å². The first-order valence-electron chi connectivity index (χ1n) is 42.1. The number of carboxylic acid groups (broad SMARTS) is 1. The van der Waals surface area contributed by atoms with E-state index >= 15 is 0 Å². The van der Waals surface area contributed by atoms with Gasteiger partial charge in [0.15, 0.2) is 11.5 Å². The molecule has 1 aromatic heterocycles. The van der Waals surface area contributed by atoms with Crippen molar-refractivity contribution >= 4 is 71.1 Å². The molecule has 6 aromatic carbocycles. The summed E-state index contributed by atoms with van der Waals surface area (Å²) in [7, 11) is 0. The van der Waals surface area contributed by atoms with Crippen LogP contribution in [0.2, 0.25) is 0 Å². The molecule has 7 aromatic rings. The molecule has 48 nitrogen and oxygen atoms in total. The highest BCUT2D eigenvalue weighted by molar-refractivity contribution is 5.91. The Hall–Kier alpha value is -12.5. The Morgan fingerprint density at radius 1 is 0.312 bits per heavy atom. The molecular formula is C90H97O48+. The molecule has 13 rings (SSSR count). The fraction of sp³-hybridized carbons (Fsp3) is 0.411. The molecule has 7 heterocycles. The molecule has 6 aliphatic heterocycles. The zero-order valence-corrected chi connectivity index (χ0v) is 71.5. The van der Waals surface area contributed by atoms with Gasteiger partial charge < -0.3 is 203 Å². The number of carbonyl (C=O) groups excluding carboxylic acids is 5. The van der Waals surface area contributed by atoms with E-state index in [1.54, 1.807) is 0 Å². The van der Waals surface area contributed by atoms with Gasteiger partial charge in [-0.1, -0.05) is 48.5 Å². The number of phenols is 4. The zero-order chi connectivity index (χ0) is 99.4. The summed E-state index contributed by atoms with van der Waals surface area (Å²) in [5.74, 6) is -12.5. The fourth-order valence-corrected chi connectivity index (χ4v) is 14.5. The third-order valence-electron chi connectivity index (χ3n) is 22.2. The van der Waals surface area contributed by atoms with Crippen molar-refractivity contribution in [3.63, 3.8) is 0 Å². The molecule has 744 valence electrons. The van der Waals surface area contributed by atoms with Gasteiger partial charge in [-0.25, -0.2) is 23.6 Å². The Morgan fingerprint density at radius 3 is 0.906 bits per heavy atom. The molecule has 6 saturated heterocycles. The molecular weight excluding hydrogens is 1850 g/mol. The summed E-state index contributed by atoms with van der Waals surface area (Å²) in [5, 5.41) is 258. The van der Waals surface area contributed by atoms with E-state index in [0.29, 0.717) is 16.7 Å². The van der Waals surface area contributed by atoms with E-state index < -0.39 is 318 Å². The number of ether oxygens (including phenoxy) is 17. The van der Waals surface area contributed by atoms with Crippen molar-refractivity contribution in [1.29, 1.82) is 0 Å². The first-order valence-corrected chi connectivity index (χ1v) is 42.1. The van der Waals surface area contributed by atoms with Gasteiger partial charge in [0, 0.05) is 48.6 Å². The lowest BCUT2D eigenvalue weighted by molar-refractivity contribution is -0.279. The van der Waals surface area contributed by atoms with Crippen LogP contribution >= 0.6 is 0 Å². The van der Waals surface area contributed by atoms with Crippen LogP contribution in [0.5, 0.6) is 57.5 Å². The van der Waals surface area contributed by atoms with E-state index in [-0.39, 0.29) is 33.9 Å². The van der Waals surface area contributed by atoms with Crippen molar-refractivity contribution in [2.24, 2.45) is 0 Å². The maximum atomic E-state index is 13.4. The van der Waals surface area contributed by atoms with Crippen LogP contribution in [0, 0.1) is 0 Å². The molecule has 0 unspecified atom stereocenters. The maximum Gasteiger partial charge on any atom is 0.402 e. The number of hydrogen-bond acceptors (Lipinski definition) is 46. The molecule has 0 amide bonds. The van der Waals surface area contributed by atoms with E-state index in [0.717, 1.165) is 54.6 Å². The predicted octanol–water partition coefficient (Wildman–Crippen LogP) is -4.64. The fourth-order valence-electron chi connectivity index (χ4n) is 14.5. The van der Waals surface area contributed by atoms with Crippen molar-refractivity contribution in [3.05, 3.63) is 174 Å². The quantitative estimate of drug-likeness (QED) is 0.00593. The van der Waals surface area contributed by atoms with Gasteiger partial charge in [-0.2, -0.15) is 0 Å². The van der Waals surface area contributed by atoms with Crippen LogP contribution in [-0.2, 0) is 80.9 Å². The van der Waals surface area contributed by atoms with E-state index in [2.05, 4.69) is 0 Å². The molecule has 0 radical (unpaired) electrons. The largest absolute Gasteiger partial charge is 0.508 e. The van der Waals surface area contributed by atoms with Gasteiger partial charge in [-0.05, 0) is 95.1 Å². The Labute approximate surface area is 777 Å². The van der Waals surface area contributed by atoms with Crippen molar-refractivity contribution in [2.45, 2.75) is 191 Å². The van der Waals surface area contributed by atoms with Gasteiger partial charge in [0.25, 0.3) is 0 Å². The number of phenolic OH excluding ortho intramolecular Hbond substituents is 4. The average molecular weight is 1950 g/mol. The number of benzene rings is 6. The van der Waals surface area contributed by atoms with Gasteiger partial charge in [-0.15, -0.1) is 0 Å². The number of rotatable bonds is 34. The number of esters is 5. The molecule has 138 heavy (non-hydrogen) atoms. The number of carboxylic acids is 1. The summed E-state index contributed by atoms with van der Waals surface area (Å²) in [6.07, 6.45) is -48.8. The molecule has 0 bridgehead atoms. The van der Waals surface area contributed by atoms with Crippen LogP contribution in [0.15, 0.2) is 156 Å². The van der Waals surface area contributed by atoms with Gasteiger partial charge in [0.1, 0.15) is 226 Å². The minimum atomic E-state index is -2.32. The first-order chi connectivity index (χ1) is 65.8. The van der Waals surface area contributed by atoms with Crippen LogP contribution in [0.1, 0.15) is 28.7 Å². The Morgan fingerprint density at radius 2 is 0.594 bits per heavy atom. The Balaban J connectivity index is 0.674. The molecule has 30 atom stereocenters. The normalized spacial score (nSPS) is 31.7. The second-order valence-electron chi connectivity index (χ2n) is 32.0. The molecule has 6 aliphatic rings.